The molecule has 0 radical (unpaired) electrons. The second kappa shape index (κ2) is 11.1. The molecule has 0 aliphatic carbocycles. The lowest BCUT2D eigenvalue weighted by molar-refractivity contribution is -0.123. The summed E-state index contributed by atoms with van der Waals surface area (Å²) in [5.74, 6) is 0.869. The van der Waals surface area contributed by atoms with Gasteiger partial charge >= 0.3 is 0 Å². The molecule has 31 heavy (non-hydrogen) atoms. The molecular formula is C27H30N2O2. The molecule has 0 aliphatic rings. The van der Waals surface area contributed by atoms with Gasteiger partial charge in [-0.05, 0) is 48.1 Å². The van der Waals surface area contributed by atoms with E-state index >= 15 is 0 Å². The summed E-state index contributed by atoms with van der Waals surface area (Å²) in [7, 11) is 0. The maximum absolute atomic E-state index is 12.3. The van der Waals surface area contributed by atoms with Crippen molar-refractivity contribution in [2.75, 3.05) is 6.61 Å². The number of hydrogen-bond donors (Lipinski definition) is 1. The molecule has 0 aromatic heterocycles. The summed E-state index contributed by atoms with van der Waals surface area (Å²) in [6.07, 6.45) is 1.09. The molecule has 1 N–H and O–H groups in total. The molecule has 0 bridgehead atoms. The van der Waals surface area contributed by atoms with Gasteiger partial charge in [-0.15, -0.1) is 0 Å². The average molecular weight is 415 g/mol. The molecule has 4 heteroatoms. The highest BCUT2D eigenvalue weighted by Crippen LogP contribution is 2.26. The van der Waals surface area contributed by atoms with E-state index in [9.17, 15) is 4.79 Å². The first-order chi connectivity index (χ1) is 15.1. The summed E-state index contributed by atoms with van der Waals surface area (Å²) < 4.78 is 5.62. The van der Waals surface area contributed by atoms with Crippen molar-refractivity contribution in [1.29, 1.82) is 0 Å². The van der Waals surface area contributed by atoms with Gasteiger partial charge in [0.2, 0.25) is 0 Å². The highest BCUT2D eigenvalue weighted by molar-refractivity contribution is 5.93. The zero-order chi connectivity index (χ0) is 22.1. The minimum atomic E-state index is -0.287. The highest BCUT2D eigenvalue weighted by Gasteiger charge is 2.17. The van der Waals surface area contributed by atoms with Crippen molar-refractivity contribution < 1.29 is 9.53 Å². The van der Waals surface area contributed by atoms with Crippen LogP contribution in [0, 0.1) is 0 Å². The Labute approximate surface area is 185 Å². The van der Waals surface area contributed by atoms with Gasteiger partial charge < -0.3 is 4.74 Å². The Balaban J connectivity index is 1.63. The number of carbonyl (C=O) groups is 1. The Morgan fingerprint density at radius 2 is 1.42 bits per heavy atom. The number of nitrogens with one attached hydrogen (secondary N) is 1. The molecule has 0 aliphatic heterocycles. The summed E-state index contributed by atoms with van der Waals surface area (Å²) in [4.78, 5) is 12.3. The van der Waals surface area contributed by atoms with Gasteiger partial charge in [-0.25, -0.2) is 5.43 Å². The predicted molar refractivity (Wildman–Crippen MR) is 127 cm³/mol. The third-order valence-electron chi connectivity index (χ3n) is 5.47. The predicted octanol–water partition coefficient (Wildman–Crippen LogP) is 5.90. The fourth-order valence-corrected chi connectivity index (χ4v) is 3.49. The van der Waals surface area contributed by atoms with Crippen molar-refractivity contribution in [2.24, 2.45) is 5.10 Å². The van der Waals surface area contributed by atoms with Crippen LogP contribution in [-0.4, -0.2) is 18.2 Å². The fraction of sp³-hybridized carbons (Fsp3) is 0.259. The third-order valence-corrected chi connectivity index (χ3v) is 5.47. The van der Waals surface area contributed by atoms with Gasteiger partial charge in [0.15, 0.2) is 6.61 Å². The number of rotatable bonds is 9. The summed E-state index contributed by atoms with van der Waals surface area (Å²) in [5, 5.41) is 4.37. The zero-order valence-electron chi connectivity index (χ0n) is 18.4. The number of benzene rings is 3. The molecule has 0 fully saturated rings. The monoisotopic (exact) mass is 414 g/mol. The van der Waals surface area contributed by atoms with Gasteiger partial charge in [0.25, 0.3) is 5.91 Å². The third kappa shape index (κ3) is 6.29. The SMILES string of the molecule is CCC(C)c1ccc(OCC(=O)N/N=C(\C)C(c2ccccc2)c2ccccc2)cc1. The second-order valence-electron chi connectivity index (χ2n) is 7.71. The van der Waals surface area contributed by atoms with Crippen LogP contribution in [0.5, 0.6) is 5.75 Å². The number of carbonyl (C=O) groups excluding carboxylic acids is 1. The number of amides is 1. The molecule has 1 unspecified atom stereocenters. The minimum absolute atomic E-state index is 0.0308. The smallest absolute Gasteiger partial charge is 0.277 e. The molecular weight excluding hydrogens is 384 g/mol. The largest absolute Gasteiger partial charge is 0.484 e. The first kappa shape index (κ1) is 22.3. The standard InChI is InChI=1S/C27H30N2O2/c1-4-20(2)22-15-17-25(18-16-22)31-19-26(30)29-28-21(3)27(23-11-7-5-8-12-23)24-13-9-6-10-14-24/h5-18,20,27H,4,19H2,1-3H3,(H,29,30)/b28-21+. The van der Waals surface area contributed by atoms with Crippen molar-refractivity contribution in [2.45, 2.75) is 39.0 Å². The average Bonchev–Trinajstić information content (AvgIpc) is 2.83. The van der Waals surface area contributed by atoms with Gasteiger partial charge in [-0.1, -0.05) is 86.6 Å². The van der Waals surface area contributed by atoms with Crippen LogP contribution in [0.15, 0.2) is 90.0 Å². The Kier molecular flexibility index (Phi) is 7.99. The van der Waals surface area contributed by atoms with Crippen molar-refractivity contribution in [3.8, 4) is 5.75 Å². The minimum Gasteiger partial charge on any atom is -0.484 e. The lowest BCUT2D eigenvalue weighted by Gasteiger charge is -2.18. The van der Waals surface area contributed by atoms with Crippen LogP contribution >= 0.6 is 0 Å². The quantitative estimate of drug-likeness (QED) is 0.350. The normalized spacial score (nSPS) is 12.5. The summed E-state index contributed by atoms with van der Waals surface area (Å²) in [6, 6.07) is 28.2. The maximum atomic E-state index is 12.3. The molecule has 1 atom stereocenters. The lowest BCUT2D eigenvalue weighted by Crippen LogP contribution is -2.26. The van der Waals surface area contributed by atoms with Crippen LogP contribution in [-0.2, 0) is 4.79 Å². The van der Waals surface area contributed by atoms with Crippen LogP contribution in [0.2, 0.25) is 0 Å². The first-order valence-electron chi connectivity index (χ1n) is 10.7. The topological polar surface area (TPSA) is 50.7 Å². The molecule has 4 nitrogen and oxygen atoms in total. The Hall–Kier alpha value is -3.40. The summed E-state index contributed by atoms with van der Waals surface area (Å²) in [5.41, 5.74) is 6.97. The van der Waals surface area contributed by atoms with Crippen molar-refractivity contribution in [3.63, 3.8) is 0 Å². The van der Waals surface area contributed by atoms with Crippen LogP contribution in [0.4, 0.5) is 0 Å². The van der Waals surface area contributed by atoms with E-state index in [1.807, 2.05) is 67.6 Å². The van der Waals surface area contributed by atoms with Crippen molar-refractivity contribution in [1.82, 2.24) is 5.43 Å². The van der Waals surface area contributed by atoms with Crippen molar-refractivity contribution in [3.05, 3.63) is 102 Å². The molecule has 1 amide bonds. The molecule has 3 aromatic carbocycles. The van der Waals surface area contributed by atoms with Gasteiger partial charge in [0, 0.05) is 11.6 Å². The molecule has 0 saturated carbocycles. The molecule has 3 aromatic rings. The summed E-state index contributed by atoms with van der Waals surface area (Å²) in [6.45, 7) is 6.21. The van der Waals surface area contributed by atoms with E-state index in [4.69, 9.17) is 4.74 Å². The van der Waals surface area contributed by atoms with Gasteiger partial charge in [-0.2, -0.15) is 5.10 Å². The Bertz CT molecular complexity index is 943. The number of hydrazone groups is 1. The van der Waals surface area contributed by atoms with Gasteiger partial charge in [0.1, 0.15) is 5.75 Å². The molecule has 0 heterocycles. The van der Waals surface area contributed by atoms with Crippen LogP contribution < -0.4 is 10.2 Å². The molecule has 3 rings (SSSR count). The Morgan fingerprint density at radius 3 is 1.94 bits per heavy atom. The molecule has 0 saturated heterocycles. The summed E-state index contributed by atoms with van der Waals surface area (Å²) >= 11 is 0. The Morgan fingerprint density at radius 1 is 0.871 bits per heavy atom. The number of nitrogens with zero attached hydrogens (tertiary/aromatic N) is 1. The van der Waals surface area contributed by atoms with Gasteiger partial charge in [0.05, 0.1) is 0 Å². The second-order valence-corrected chi connectivity index (χ2v) is 7.71. The van der Waals surface area contributed by atoms with E-state index in [1.54, 1.807) is 0 Å². The number of ether oxygens (including phenoxy) is 1. The lowest BCUT2D eigenvalue weighted by atomic mass is 9.88. The van der Waals surface area contributed by atoms with E-state index in [0.717, 1.165) is 23.3 Å². The van der Waals surface area contributed by atoms with E-state index < -0.39 is 0 Å². The number of hydrogen-bond acceptors (Lipinski definition) is 3. The molecule has 160 valence electrons. The first-order valence-corrected chi connectivity index (χ1v) is 10.7. The zero-order valence-corrected chi connectivity index (χ0v) is 18.4. The van der Waals surface area contributed by atoms with E-state index in [-0.39, 0.29) is 18.4 Å². The van der Waals surface area contributed by atoms with E-state index in [2.05, 4.69) is 48.6 Å². The van der Waals surface area contributed by atoms with Crippen molar-refractivity contribution >= 4 is 11.6 Å². The van der Waals surface area contributed by atoms with Gasteiger partial charge in [-0.3, -0.25) is 4.79 Å². The van der Waals surface area contributed by atoms with Crippen LogP contribution in [0.25, 0.3) is 0 Å². The molecule has 0 spiro atoms. The van der Waals surface area contributed by atoms with E-state index in [1.165, 1.54) is 5.56 Å². The van der Waals surface area contributed by atoms with Crippen LogP contribution in [0.3, 0.4) is 0 Å². The van der Waals surface area contributed by atoms with E-state index in [0.29, 0.717) is 11.7 Å². The maximum Gasteiger partial charge on any atom is 0.277 e. The highest BCUT2D eigenvalue weighted by atomic mass is 16.5. The van der Waals surface area contributed by atoms with Crippen LogP contribution in [0.1, 0.15) is 55.7 Å². The fourth-order valence-electron chi connectivity index (χ4n) is 3.49.